The fraction of sp³-hybridized carbons (Fsp3) is 0.647. The zero-order chi connectivity index (χ0) is 14.5. The monoisotopic (exact) mass is 279 g/mol. The van der Waals surface area contributed by atoms with Crippen LogP contribution in [0.25, 0.3) is 0 Å². The molecule has 1 saturated carbocycles. The van der Waals surface area contributed by atoms with Crippen LogP contribution in [0.3, 0.4) is 0 Å². The summed E-state index contributed by atoms with van der Waals surface area (Å²) in [7, 11) is 0. The van der Waals surface area contributed by atoms with Gasteiger partial charge in [-0.2, -0.15) is 0 Å². The molecule has 1 aliphatic rings. The molecule has 0 amide bonds. The summed E-state index contributed by atoms with van der Waals surface area (Å²) in [5, 5.41) is 0. The SMILES string of the molecule is CCC(N)Cc1cc(F)ccc1OC1CCCC(C)C1. The molecule has 1 aliphatic carbocycles. The predicted octanol–water partition coefficient (Wildman–Crippen LogP) is 4.06. The van der Waals surface area contributed by atoms with Crippen molar-refractivity contribution < 1.29 is 9.13 Å². The fourth-order valence-electron chi connectivity index (χ4n) is 2.91. The van der Waals surface area contributed by atoms with Crippen molar-refractivity contribution in [1.29, 1.82) is 0 Å². The zero-order valence-corrected chi connectivity index (χ0v) is 12.6. The van der Waals surface area contributed by atoms with Crippen LogP contribution in [0.15, 0.2) is 18.2 Å². The van der Waals surface area contributed by atoms with Gasteiger partial charge in [-0.25, -0.2) is 4.39 Å². The molecule has 0 aromatic heterocycles. The van der Waals surface area contributed by atoms with E-state index >= 15 is 0 Å². The molecule has 0 radical (unpaired) electrons. The van der Waals surface area contributed by atoms with Crippen molar-refractivity contribution in [2.24, 2.45) is 11.7 Å². The highest BCUT2D eigenvalue weighted by molar-refractivity contribution is 5.35. The second-order valence-electron chi connectivity index (χ2n) is 6.14. The molecule has 0 aliphatic heterocycles. The van der Waals surface area contributed by atoms with Gasteiger partial charge >= 0.3 is 0 Å². The van der Waals surface area contributed by atoms with Crippen LogP contribution in [0.4, 0.5) is 4.39 Å². The molecule has 2 nitrogen and oxygen atoms in total. The van der Waals surface area contributed by atoms with Crippen LogP contribution >= 0.6 is 0 Å². The van der Waals surface area contributed by atoms with E-state index in [0.717, 1.165) is 36.5 Å². The maximum absolute atomic E-state index is 13.4. The molecular formula is C17H26FNO. The van der Waals surface area contributed by atoms with E-state index in [4.69, 9.17) is 10.5 Å². The lowest BCUT2D eigenvalue weighted by molar-refractivity contribution is 0.128. The number of ether oxygens (including phenoxy) is 1. The Labute approximate surface area is 121 Å². The van der Waals surface area contributed by atoms with E-state index in [1.165, 1.54) is 18.9 Å². The quantitative estimate of drug-likeness (QED) is 0.882. The number of halogens is 1. The predicted molar refractivity (Wildman–Crippen MR) is 80.4 cm³/mol. The Morgan fingerprint density at radius 1 is 1.40 bits per heavy atom. The van der Waals surface area contributed by atoms with Gasteiger partial charge in [0, 0.05) is 6.04 Å². The standard InChI is InChI=1S/C17H26FNO/c1-3-15(19)11-13-10-14(18)7-8-17(13)20-16-6-4-5-12(2)9-16/h7-8,10,12,15-16H,3-6,9,11,19H2,1-2H3. The van der Waals surface area contributed by atoms with Gasteiger partial charge in [0.1, 0.15) is 11.6 Å². The summed E-state index contributed by atoms with van der Waals surface area (Å²) in [6, 6.07) is 4.86. The molecule has 1 aromatic rings. The Balaban J connectivity index is 2.09. The van der Waals surface area contributed by atoms with E-state index in [2.05, 4.69) is 6.92 Å². The minimum Gasteiger partial charge on any atom is -0.490 e. The van der Waals surface area contributed by atoms with E-state index in [9.17, 15) is 4.39 Å². The van der Waals surface area contributed by atoms with Gasteiger partial charge < -0.3 is 10.5 Å². The molecule has 3 atom stereocenters. The first-order chi connectivity index (χ1) is 9.58. The van der Waals surface area contributed by atoms with Crippen LogP contribution in [-0.2, 0) is 6.42 Å². The molecule has 2 rings (SSSR count). The highest BCUT2D eigenvalue weighted by atomic mass is 19.1. The maximum atomic E-state index is 13.4. The molecule has 0 heterocycles. The van der Waals surface area contributed by atoms with Crippen LogP contribution in [-0.4, -0.2) is 12.1 Å². The zero-order valence-electron chi connectivity index (χ0n) is 12.6. The Morgan fingerprint density at radius 3 is 2.90 bits per heavy atom. The Bertz CT molecular complexity index is 435. The Hall–Kier alpha value is -1.09. The van der Waals surface area contributed by atoms with Gasteiger partial charge in [-0.15, -0.1) is 0 Å². The van der Waals surface area contributed by atoms with Gasteiger partial charge in [0.05, 0.1) is 6.10 Å². The number of hydrogen-bond acceptors (Lipinski definition) is 2. The normalized spacial score (nSPS) is 24.4. The van der Waals surface area contributed by atoms with E-state index in [-0.39, 0.29) is 18.0 Å². The summed E-state index contributed by atoms with van der Waals surface area (Å²) in [5.74, 6) is 1.32. The van der Waals surface area contributed by atoms with E-state index in [1.807, 2.05) is 6.92 Å². The molecule has 3 unspecified atom stereocenters. The summed E-state index contributed by atoms with van der Waals surface area (Å²) in [6.07, 6.45) is 6.52. The van der Waals surface area contributed by atoms with Crippen LogP contribution in [0.1, 0.15) is 51.5 Å². The first-order valence-electron chi connectivity index (χ1n) is 7.79. The Morgan fingerprint density at radius 2 is 2.20 bits per heavy atom. The molecular weight excluding hydrogens is 253 g/mol. The average Bonchev–Trinajstić information content (AvgIpc) is 2.42. The smallest absolute Gasteiger partial charge is 0.123 e. The molecule has 0 bridgehead atoms. The molecule has 3 heteroatoms. The average molecular weight is 279 g/mol. The number of rotatable bonds is 5. The molecule has 112 valence electrons. The molecule has 20 heavy (non-hydrogen) atoms. The van der Waals surface area contributed by atoms with Gasteiger partial charge in [-0.1, -0.05) is 20.3 Å². The second kappa shape index (κ2) is 7.07. The van der Waals surface area contributed by atoms with E-state index in [1.54, 1.807) is 12.1 Å². The van der Waals surface area contributed by atoms with Crippen LogP contribution in [0, 0.1) is 11.7 Å². The third kappa shape index (κ3) is 4.20. The summed E-state index contributed by atoms with van der Waals surface area (Å²) in [5.41, 5.74) is 6.90. The van der Waals surface area contributed by atoms with Gasteiger partial charge in [-0.3, -0.25) is 0 Å². The maximum Gasteiger partial charge on any atom is 0.123 e. The third-order valence-corrected chi connectivity index (χ3v) is 4.21. The van der Waals surface area contributed by atoms with Crippen molar-refractivity contribution in [3.05, 3.63) is 29.6 Å². The number of nitrogens with two attached hydrogens (primary N) is 1. The topological polar surface area (TPSA) is 35.2 Å². The van der Waals surface area contributed by atoms with Gasteiger partial charge in [0.2, 0.25) is 0 Å². The lowest BCUT2D eigenvalue weighted by Gasteiger charge is -2.28. The third-order valence-electron chi connectivity index (χ3n) is 4.21. The van der Waals surface area contributed by atoms with E-state index in [0.29, 0.717) is 6.42 Å². The Kier molecular flexibility index (Phi) is 5.41. The van der Waals surface area contributed by atoms with Crippen molar-refractivity contribution >= 4 is 0 Å². The van der Waals surface area contributed by atoms with Crippen LogP contribution in [0.2, 0.25) is 0 Å². The van der Waals surface area contributed by atoms with Gasteiger partial charge in [0.25, 0.3) is 0 Å². The van der Waals surface area contributed by atoms with Gasteiger partial charge in [-0.05, 0) is 61.8 Å². The van der Waals surface area contributed by atoms with E-state index < -0.39 is 0 Å². The highest BCUT2D eigenvalue weighted by Crippen LogP contribution is 2.30. The molecule has 0 saturated heterocycles. The largest absolute Gasteiger partial charge is 0.490 e. The summed E-state index contributed by atoms with van der Waals surface area (Å²) in [4.78, 5) is 0. The van der Waals surface area contributed by atoms with Crippen molar-refractivity contribution in [3.63, 3.8) is 0 Å². The minimum absolute atomic E-state index is 0.0597. The van der Waals surface area contributed by atoms with Gasteiger partial charge in [0.15, 0.2) is 0 Å². The molecule has 1 fully saturated rings. The number of benzene rings is 1. The molecule has 2 N–H and O–H groups in total. The van der Waals surface area contributed by atoms with Crippen LogP contribution in [0.5, 0.6) is 5.75 Å². The lowest BCUT2D eigenvalue weighted by Crippen LogP contribution is -2.26. The fourth-order valence-corrected chi connectivity index (χ4v) is 2.91. The number of hydrogen-bond donors (Lipinski definition) is 1. The van der Waals surface area contributed by atoms with Crippen molar-refractivity contribution in [1.82, 2.24) is 0 Å². The van der Waals surface area contributed by atoms with Crippen molar-refractivity contribution in [2.45, 2.75) is 64.5 Å². The lowest BCUT2D eigenvalue weighted by atomic mass is 9.88. The summed E-state index contributed by atoms with van der Waals surface area (Å²) < 4.78 is 19.6. The summed E-state index contributed by atoms with van der Waals surface area (Å²) >= 11 is 0. The van der Waals surface area contributed by atoms with Crippen molar-refractivity contribution in [3.8, 4) is 5.75 Å². The van der Waals surface area contributed by atoms with Crippen molar-refractivity contribution in [2.75, 3.05) is 0 Å². The molecule has 0 spiro atoms. The highest BCUT2D eigenvalue weighted by Gasteiger charge is 2.21. The first kappa shape index (κ1) is 15.3. The summed E-state index contributed by atoms with van der Waals surface area (Å²) in [6.45, 7) is 4.32. The first-order valence-corrected chi connectivity index (χ1v) is 7.79. The van der Waals surface area contributed by atoms with Crippen LogP contribution < -0.4 is 10.5 Å². The minimum atomic E-state index is -0.215. The molecule has 1 aromatic carbocycles. The second-order valence-corrected chi connectivity index (χ2v) is 6.14.